The second-order valence-corrected chi connectivity index (χ2v) is 9.62. The Labute approximate surface area is 166 Å². The first-order chi connectivity index (χ1) is 13.2. The van der Waals surface area contributed by atoms with Crippen LogP contribution in [0, 0.1) is 17.7 Å². The molecule has 1 N–H and O–H groups in total. The number of benzene rings is 1. The van der Waals surface area contributed by atoms with Crippen molar-refractivity contribution in [3.63, 3.8) is 0 Å². The van der Waals surface area contributed by atoms with Crippen LogP contribution in [0.4, 0.5) is 4.39 Å². The molecule has 1 saturated heterocycles. The van der Waals surface area contributed by atoms with E-state index in [1.54, 1.807) is 12.1 Å². The average Bonchev–Trinajstić information content (AvgIpc) is 3.18. The van der Waals surface area contributed by atoms with Gasteiger partial charge < -0.3 is 5.32 Å². The Morgan fingerprint density at radius 2 is 1.89 bits per heavy atom. The van der Waals surface area contributed by atoms with Crippen LogP contribution >= 0.6 is 0 Å². The maximum absolute atomic E-state index is 13.8. The number of rotatable bonds is 3. The highest BCUT2D eigenvalue weighted by Crippen LogP contribution is 2.47. The molecule has 2 fully saturated rings. The van der Waals surface area contributed by atoms with Crippen molar-refractivity contribution >= 4 is 16.8 Å². The van der Waals surface area contributed by atoms with Crippen molar-refractivity contribution in [2.24, 2.45) is 11.8 Å². The Bertz CT molecular complexity index is 877. The molecule has 2 unspecified atom stereocenters. The van der Waals surface area contributed by atoms with Crippen LogP contribution in [0.1, 0.15) is 52.0 Å². The summed E-state index contributed by atoms with van der Waals surface area (Å²) in [5.74, 6) is 1.56. The van der Waals surface area contributed by atoms with Gasteiger partial charge in [0.25, 0.3) is 0 Å². The molecule has 2 aliphatic rings. The summed E-state index contributed by atoms with van der Waals surface area (Å²) in [6.45, 7) is 10.0. The fraction of sp³-hybridized carbons (Fsp3) is 0.565. The quantitative estimate of drug-likeness (QED) is 0.868. The Morgan fingerprint density at radius 1 is 1.21 bits per heavy atom. The van der Waals surface area contributed by atoms with Gasteiger partial charge in [-0.1, -0.05) is 0 Å². The molecule has 4 rings (SSSR count). The molecule has 2 heterocycles. The van der Waals surface area contributed by atoms with Crippen LogP contribution < -0.4 is 5.32 Å². The highest BCUT2D eigenvalue weighted by atomic mass is 19.1. The van der Waals surface area contributed by atoms with Crippen LogP contribution in [0.15, 0.2) is 30.5 Å². The fourth-order valence-corrected chi connectivity index (χ4v) is 5.04. The molecule has 2 aromatic rings. The van der Waals surface area contributed by atoms with Crippen molar-refractivity contribution in [3.8, 4) is 0 Å². The zero-order valence-corrected chi connectivity index (χ0v) is 17.2. The van der Waals surface area contributed by atoms with E-state index in [0.29, 0.717) is 17.8 Å². The molecule has 1 aliphatic carbocycles. The molecule has 1 saturated carbocycles. The average molecular weight is 384 g/mol. The summed E-state index contributed by atoms with van der Waals surface area (Å²) in [5.41, 5.74) is 1.89. The SMILES string of the molecule is CC(C(=O)NC(C)(C)C)N1C[C@H]2CC(c3ccnc4ccc(F)cc34)C[C@H]2C1. The molecule has 1 aromatic carbocycles. The lowest BCUT2D eigenvalue weighted by molar-refractivity contribution is -0.127. The van der Waals surface area contributed by atoms with Gasteiger partial charge in [0.1, 0.15) is 5.82 Å². The molecular weight excluding hydrogens is 353 g/mol. The number of likely N-dealkylation sites (tertiary alicyclic amines) is 1. The Kier molecular flexibility index (Phi) is 4.90. The predicted octanol–water partition coefficient (Wildman–Crippen LogP) is 4.10. The first-order valence-corrected chi connectivity index (χ1v) is 10.3. The van der Waals surface area contributed by atoms with Gasteiger partial charge in [0.15, 0.2) is 0 Å². The lowest BCUT2D eigenvalue weighted by Crippen LogP contribution is -2.50. The van der Waals surface area contributed by atoms with E-state index in [-0.39, 0.29) is 23.3 Å². The Balaban J connectivity index is 1.45. The van der Waals surface area contributed by atoms with Crippen molar-refractivity contribution in [3.05, 3.63) is 41.8 Å². The van der Waals surface area contributed by atoms with Gasteiger partial charge in [-0.15, -0.1) is 0 Å². The first-order valence-electron chi connectivity index (χ1n) is 10.3. The van der Waals surface area contributed by atoms with Crippen molar-refractivity contribution < 1.29 is 9.18 Å². The molecule has 0 bridgehead atoms. The van der Waals surface area contributed by atoms with Crippen molar-refractivity contribution in [1.82, 2.24) is 15.2 Å². The summed E-state index contributed by atoms with van der Waals surface area (Å²) in [6.07, 6.45) is 4.05. The molecule has 0 spiro atoms. The maximum Gasteiger partial charge on any atom is 0.237 e. The minimum Gasteiger partial charge on any atom is -0.350 e. The fourth-order valence-electron chi connectivity index (χ4n) is 5.04. The third kappa shape index (κ3) is 3.77. The predicted molar refractivity (Wildman–Crippen MR) is 110 cm³/mol. The third-order valence-electron chi connectivity index (χ3n) is 6.38. The molecule has 150 valence electrons. The van der Waals surface area contributed by atoms with Gasteiger partial charge in [0, 0.05) is 30.2 Å². The number of carbonyl (C=O) groups excluding carboxylic acids is 1. The summed E-state index contributed by atoms with van der Waals surface area (Å²) in [6, 6.07) is 6.83. The number of aromatic nitrogens is 1. The summed E-state index contributed by atoms with van der Waals surface area (Å²) >= 11 is 0. The van der Waals surface area contributed by atoms with E-state index in [0.717, 1.165) is 36.8 Å². The van der Waals surface area contributed by atoms with Crippen LogP contribution in [0.25, 0.3) is 10.9 Å². The molecule has 4 nitrogen and oxygen atoms in total. The highest BCUT2D eigenvalue weighted by Gasteiger charge is 2.43. The van der Waals surface area contributed by atoms with Crippen LogP contribution in [0.5, 0.6) is 0 Å². The molecule has 4 atom stereocenters. The number of hydrogen-bond donors (Lipinski definition) is 1. The second kappa shape index (κ2) is 7.11. The lowest BCUT2D eigenvalue weighted by Gasteiger charge is -2.29. The van der Waals surface area contributed by atoms with E-state index in [9.17, 15) is 9.18 Å². The topological polar surface area (TPSA) is 45.2 Å². The summed E-state index contributed by atoms with van der Waals surface area (Å²) < 4.78 is 13.8. The van der Waals surface area contributed by atoms with Gasteiger partial charge in [-0.2, -0.15) is 0 Å². The second-order valence-electron chi connectivity index (χ2n) is 9.62. The highest BCUT2D eigenvalue weighted by molar-refractivity contribution is 5.83. The van der Waals surface area contributed by atoms with Crippen molar-refractivity contribution in [2.45, 2.75) is 58.0 Å². The zero-order chi connectivity index (χ0) is 20.1. The van der Waals surface area contributed by atoms with E-state index in [2.05, 4.69) is 21.3 Å². The number of pyridine rings is 1. The molecule has 28 heavy (non-hydrogen) atoms. The number of amides is 1. The lowest BCUT2D eigenvalue weighted by atomic mass is 9.93. The van der Waals surface area contributed by atoms with Crippen LogP contribution in [-0.4, -0.2) is 40.5 Å². The number of halogens is 1. The number of fused-ring (bicyclic) bond motifs is 2. The number of nitrogens with one attached hydrogen (secondary N) is 1. The van der Waals surface area contributed by atoms with E-state index in [4.69, 9.17) is 0 Å². The number of carbonyl (C=O) groups is 1. The summed E-state index contributed by atoms with van der Waals surface area (Å²) in [5, 5.41) is 4.04. The third-order valence-corrected chi connectivity index (χ3v) is 6.38. The van der Waals surface area contributed by atoms with E-state index in [1.807, 2.05) is 33.9 Å². The number of nitrogens with zero attached hydrogens (tertiary/aromatic N) is 2. The molecule has 1 amide bonds. The van der Waals surface area contributed by atoms with Gasteiger partial charge in [-0.3, -0.25) is 14.7 Å². The molecular formula is C23H30FN3O. The molecule has 0 radical (unpaired) electrons. The van der Waals surface area contributed by atoms with Crippen LogP contribution in [0.3, 0.4) is 0 Å². The largest absolute Gasteiger partial charge is 0.350 e. The van der Waals surface area contributed by atoms with Crippen LogP contribution in [0.2, 0.25) is 0 Å². The monoisotopic (exact) mass is 383 g/mol. The molecule has 5 heteroatoms. The van der Waals surface area contributed by atoms with Gasteiger partial charge in [-0.25, -0.2) is 4.39 Å². The maximum atomic E-state index is 13.8. The van der Waals surface area contributed by atoms with Gasteiger partial charge >= 0.3 is 0 Å². The molecule has 1 aromatic heterocycles. The Hall–Kier alpha value is -2.01. The Morgan fingerprint density at radius 3 is 2.54 bits per heavy atom. The summed E-state index contributed by atoms with van der Waals surface area (Å²) in [4.78, 5) is 19.3. The minimum absolute atomic E-state index is 0.0980. The number of hydrogen-bond acceptors (Lipinski definition) is 3. The normalized spacial score (nSPS) is 26.4. The first kappa shape index (κ1) is 19.3. The zero-order valence-electron chi connectivity index (χ0n) is 17.2. The van der Waals surface area contributed by atoms with Crippen LogP contribution in [-0.2, 0) is 4.79 Å². The van der Waals surface area contributed by atoms with Gasteiger partial charge in [-0.05, 0) is 88.1 Å². The smallest absolute Gasteiger partial charge is 0.237 e. The summed E-state index contributed by atoms with van der Waals surface area (Å²) in [7, 11) is 0. The standard InChI is InChI=1S/C23H30FN3O/c1-14(22(28)26-23(2,3)4)27-12-16-9-15(10-17(16)13-27)19-7-8-25-21-6-5-18(24)11-20(19)21/h5-8,11,14-17H,9-10,12-13H2,1-4H3,(H,26,28)/t14?,15?,16-,17+. The van der Waals surface area contributed by atoms with Gasteiger partial charge in [0.05, 0.1) is 11.6 Å². The van der Waals surface area contributed by atoms with E-state index < -0.39 is 0 Å². The van der Waals surface area contributed by atoms with E-state index >= 15 is 0 Å². The van der Waals surface area contributed by atoms with Crippen molar-refractivity contribution in [2.75, 3.05) is 13.1 Å². The van der Waals surface area contributed by atoms with Gasteiger partial charge in [0.2, 0.25) is 5.91 Å². The van der Waals surface area contributed by atoms with Crippen molar-refractivity contribution in [1.29, 1.82) is 0 Å². The molecule has 1 aliphatic heterocycles. The van der Waals surface area contributed by atoms with E-state index in [1.165, 1.54) is 11.6 Å². The minimum atomic E-state index is -0.205.